The smallest absolute Gasteiger partial charge is 0.221 e. The third-order valence-corrected chi connectivity index (χ3v) is 3.32. The number of rotatable bonds is 5. The molecule has 0 saturated heterocycles. The average molecular weight is 282 g/mol. The normalized spacial score (nSPS) is 10.5. The number of carbonyl (C=O) groups is 1. The van der Waals surface area contributed by atoms with Gasteiger partial charge in [0.2, 0.25) is 5.91 Å². The summed E-state index contributed by atoms with van der Waals surface area (Å²) in [6.45, 7) is 6.67. The fourth-order valence-corrected chi connectivity index (χ4v) is 2.12. The average Bonchev–Trinajstić information content (AvgIpc) is 2.46. The van der Waals surface area contributed by atoms with Crippen molar-refractivity contribution in [2.24, 2.45) is 0 Å². The van der Waals surface area contributed by atoms with Crippen LogP contribution in [0.1, 0.15) is 37.8 Å². The maximum absolute atomic E-state index is 11.0. The SMILES string of the molecule is CC(=O)Nc1ccc(CNc2cccc(C(C)C)c2)cc1. The molecule has 0 bridgehead atoms. The molecular weight excluding hydrogens is 260 g/mol. The highest BCUT2D eigenvalue weighted by Crippen LogP contribution is 2.19. The third-order valence-electron chi connectivity index (χ3n) is 3.32. The van der Waals surface area contributed by atoms with Gasteiger partial charge in [-0.25, -0.2) is 0 Å². The number of amides is 1. The zero-order valence-electron chi connectivity index (χ0n) is 12.8. The van der Waals surface area contributed by atoms with Gasteiger partial charge in [0, 0.05) is 24.8 Å². The summed E-state index contributed by atoms with van der Waals surface area (Å²) < 4.78 is 0. The first-order chi connectivity index (χ1) is 10.0. The summed E-state index contributed by atoms with van der Waals surface area (Å²) >= 11 is 0. The maximum atomic E-state index is 11.0. The largest absolute Gasteiger partial charge is 0.381 e. The van der Waals surface area contributed by atoms with Crippen molar-refractivity contribution in [2.45, 2.75) is 33.2 Å². The standard InChI is InChI=1S/C18H22N2O/c1-13(2)16-5-4-6-18(11-16)19-12-15-7-9-17(10-8-15)20-14(3)21/h4-11,13,19H,12H2,1-3H3,(H,20,21). The van der Waals surface area contributed by atoms with Crippen molar-refractivity contribution in [1.29, 1.82) is 0 Å². The Hall–Kier alpha value is -2.29. The molecule has 0 radical (unpaired) electrons. The summed E-state index contributed by atoms with van der Waals surface area (Å²) in [6.07, 6.45) is 0. The first-order valence-corrected chi connectivity index (χ1v) is 7.25. The van der Waals surface area contributed by atoms with Gasteiger partial charge in [-0.2, -0.15) is 0 Å². The molecular formula is C18H22N2O. The Labute approximate surface area is 126 Å². The lowest BCUT2D eigenvalue weighted by Gasteiger charge is -2.11. The van der Waals surface area contributed by atoms with Gasteiger partial charge >= 0.3 is 0 Å². The van der Waals surface area contributed by atoms with Crippen molar-refractivity contribution in [1.82, 2.24) is 0 Å². The van der Waals surface area contributed by atoms with E-state index in [1.807, 2.05) is 24.3 Å². The molecule has 3 heteroatoms. The Balaban J connectivity index is 1.96. The number of hydrogen-bond donors (Lipinski definition) is 2. The predicted molar refractivity (Wildman–Crippen MR) is 88.6 cm³/mol. The minimum absolute atomic E-state index is 0.0497. The molecule has 0 aromatic heterocycles. The highest BCUT2D eigenvalue weighted by atomic mass is 16.1. The van der Waals surface area contributed by atoms with Gasteiger partial charge in [-0.3, -0.25) is 4.79 Å². The zero-order valence-corrected chi connectivity index (χ0v) is 12.8. The Morgan fingerprint density at radius 3 is 2.38 bits per heavy atom. The van der Waals surface area contributed by atoms with Gasteiger partial charge in [0.1, 0.15) is 0 Å². The van der Waals surface area contributed by atoms with E-state index in [0.29, 0.717) is 5.92 Å². The second-order valence-corrected chi connectivity index (χ2v) is 5.51. The second kappa shape index (κ2) is 6.93. The molecule has 0 spiro atoms. The lowest BCUT2D eigenvalue weighted by atomic mass is 10.0. The van der Waals surface area contributed by atoms with Crippen LogP contribution in [0.3, 0.4) is 0 Å². The van der Waals surface area contributed by atoms with Crippen LogP contribution in [-0.2, 0) is 11.3 Å². The molecule has 0 atom stereocenters. The van der Waals surface area contributed by atoms with E-state index in [0.717, 1.165) is 17.9 Å². The van der Waals surface area contributed by atoms with Gasteiger partial charge in [0.25, 0.3) is 0 Å². The Morgan fingerprint density at radius 1 is 1.05 bits per heavy atom. The van der Waals surface area contributed by atoms with Gasteiger partial charge in [-0.05, 0) is 41.3 Å². The van der Waals surface area contributed by atoms with E-state index in [4.69, 9.17) is 0 Å². The summed E-state index contributed by atoms with van der Waals surface area (Å²) in [5.41, 5.74) is 4.47. The van der Waals surface area contributed by atoms with E-state index < -0.39 is 0 Å². The summed E-state index contributed by atoms with van der Waals surface area (Å²) in [7, 11) is 0. The second-order valence-electron chi connectivity index (χ2n) is 5.51. The molecule has 0 aliphatic heterocycles. The number of anilines is 2. The quantitative estimate of drug-likeness (QED) is 0.854. The van der Waals surface area contributed by atoms with Crippen molar-refractivity contribution < 1.29 is 4.79 Å². The topological polar surface area (TPSA) is 41.1 Å². The highest BCUT2D eigenvalue weighted by Gasteiger charge is 2.01. The van der Waals surface area contributed by atoms with Crippen LogP contribution in [0.15, 0.2) is 48.5 Å². The zero-order chi connectivity index (χ0) is 15.2. The molecule has 2 aromatic carbocycles. The molecule has 2 aromatic rings. The summed E-state index contributed by atoms with van der Waals surface area (Å²) in [5, 5.41) is 6.20. The van der Waals surface area contributed by atoms with Crippen LogP contribution in [0.2, 0.25) is 0 Å². The van der Waals surface area contributed by atoms with E-state index >= 15 is 0 Å². The highest BCUT2D eigenvalue weighted by molar-refractivity contribution is 5.88. The van der Waals surface area contributed by atoms with Crippen molar-refractivity contribution in [3.05, 3.63) is 59.7 Å². The molecule has 0 aliphatic rings. The number of benzene rings is 2. The Bertz CT molecular complexity index is 603. The van der Waals surface area contributed by atoms with Crippen molar-refractivity contribution in [3.63, 3.8) is 0 Å². The Kier molecular flexibility index (Phi) is 4.99. The minimum atomic E-state index is -0.0497. The van der Waals surface area contributed by atoms with Gasteiger partial charge < -0.3 is 10.6 Å². The van der Waals surface area contributed by atoms with Crippen LogP contribution in [0.4, 0.5) is 11.4 Å². The molecule has 0 heterocycles. The van der Waals surface area contributed by atoms with Gasteiger partial charge in [-0.15, -0.1) is 0 Å². The summed E-state index contributed by atoms with van der Waals surface area (Å²) in [5.74, 6) is 0.482. The molecule has 110 valence electrons. The molecule has 1 amide bonds. The first-order valence-electron chi connectivity index (χ1n) is 7.25. The number of nitrogens with one attached hydrogen (secondary N) is 2. The van der Waals surface area contributed by atoms with Gasteiger partial charge in [-0.1, -0.05) is 38.1 Å². The van der Waals surface area contributed by atoms with Crippen LogP contribution < -0.4 is 10.6 Å². The number of carbonyl (C=O) groups excluding carboxylic acids is 1. The summed E-state index contributed by atoms with van der Waals surface area (Å²) in [6, 6.07) is 16.4. The molecule has 21 heavy (non-hydrogen) atoms. The van der Waals surface area contributed by atoms with Crippen LogP contribution in [0.25, 0.3) is 0 Å². The Morgan fingerprint density at radius 2 is 1.76 bits per heavy atom. The van der Waals surface area contributed by atoms with Crippen molar-refractivity contribution >= 4 is 17.3 Å². The lowest BCUT2D eigenvalue weighted by molar-refractivity contribution is -0.114. The third kappa shape index (κ3) is 4.63. The molecule has 0 fully saturated rings. The van der Waals surface area contributed by atoms with E-state index in [2.05, 4.69) is 48.7 Å². The van der Waals surface area contributed by atoms with Crippen LogP contribution in [0.5, 0.6) is 0 Å². The van der Waals surface area contributed by atoms with Crippen LogP contribution in [-0.4, -0.2) is 5.91 Å². The fraction of sp³-hybridized carbons (Fsp3) is 0.278. The van der Waals surface area contributed by atoms with E-state index in [1.54, 1.807) is 0 Å². The molecule has 0 unspecified atom stereocenters. The van der Waals surface area contributed by atoms with Crippen molar-refractivity contribution in [2.75, 3.05) is 10.6 Å². The monoisotopic (exact) mass is 282 g/mol. The van der Waals surface area contributed by atoms with Gasteiger partial charge in [0.15, 0.2) is 0 Å². The van der Waals surface area contributed by atoms with E-state index in [-0.39, 0.29) is 5.91 Å². The van der Waals surface area contributed by atoms with Gasteiger partial charge in [0.05, 0.1) is 0 Å². The molecule has 2 N–H and O–H groups in total. The lowest BCUT2D eigenvalue weighted by Crippen LogP contribution is -2.06. The first kappa shape index (κ1) is 15.1. The summed E-state index contributed by atoms with van der Waals surface area (Å²) in [4.78, 5) is 11.0. The molecule has 2 rings (SSSR count). The molecule has 0 saturated carbocycles. The minimum Gasteiger partial charge on any atom is -0.381 e. The molecule has 3 nitrogen and oxygen atoms in total. The van der Waals surface area contributed by atoms with Crippen molar-refractivity contribution in [3.8, 4) is 0 Å². The van der Waals surface area contributed by atoms with Crippen LogP contribution in [0, 0.1) is 0 Å². The van der Waals surface area contributed by atoms with E-state index in [9.17, 15) is 4.79 Å². The maximum Gasteiger partial charge on any atom is 0.221 e. The fourth-order valence-electron chi connectivity index (χ4n) is 2.12. The van der Waals surface area contributed by atoms with E-state index in [1.165, 1.54) is 18.1 Å². The van der Waals surface area contributed by atoms with Crippen LogP contribution >= 0.6 is 0 Å². The number of hydrogen-bond acceptors (Lipinski definition) is 2. The molecule has 0 aliphatic carbocycles. The predicted octanol–water partition coefficient (Wildman–Crippen LogP) is 4.38.